The van der Waals surface area contributed by atoms with Gasteiger partial charge in [0.25, 0.3) is 0 Å². The van der Waals surface area contributed by atoms with E-state index >= 15 is 0 Å². The van der Waals surface area contributed by atoms with Crippen LogP contribution in [-0.2, 0) is 4.79 Å². The lowest BCUT2D eigenvalue weighted by molar-refractivity contribution is -0.109. The lowest BCUT2D eigenvalue weighted by atomic mass is 11.2. The number of halogens is 1. The summed E-state index contributed by atoms with van der Waals surface area (Å²) in [6.45, 7) is 0. The van der Waals surface area contributed by atoms with Crippen LogP contribution in [0.4, 0.5) is 0 Å². The molecular formula is C2H4ClNO. The number of carbonyl (C=O) groups excluding carboxylic acids is 1. The third-order valence-electron chi connectivity index (χ3n) is 0.160. The Morgan fingerprint density at radius 1 is 2.00 bits per heavy atom. The van der Waals surface area contributed by atoms with Crippen LogP contribution >= 0.6 is 11.6 Å². The third kappa shape index (κ3) is 3.76. The summed E-state index contributed by atoms with van der Waals surface area (Å²) < 4.78 is 0. The van der Waals surface area contributed by atoms with Gasteiger partial charge in [0.05, 0.1) is 6.00 Å². The zero-order valence-corrected chi connectivity index (χ0v) is 3.33. The maximum atomic E-state index is 9.21. The molecule has 5 heavy (non-hydrogen) atoms. The van der Waals surface area contributed by atoms with E-state index in [1.165, 1.54) is 0 Å². The molecule has 0 aromatic rings. The summed E-state index contributed by atoms with van der Waals surface area (Å²) in [5.74, 6) is 0. The number of alkyl halides is 1. The smallest absolute Gasteiger partial charge is 0.208 e. The molecule has 0 heterocycles. The van der Waals surface area contributed by atoms with Crippen LogP contribution in [0.1, 0.15) is 0 Å². The predicted octanol–water partition coefficient (Wildman–Crippen LogP) is -0.0713. The van der Waals surface area contributed by atoms with Crippen molar-refractivity contribution in [2.24, 2.45) is 0 Å². The van der Waals surface area contributed by atoms with Gasteiger partial charge in [-0.15, -0.1) is 11.6 Å². The van der Waals surface area contributed by atoms with Crippen molar-refractivity contribution in [3.05, 3.63) is 0 Å². The van der Waals surface area contributed by atoms with Crippen molar-refractivity contribution in [3.8, 4) is 0 Å². The van der Waals surface area contributed by atoms with Gasteiger partial charge >= 0.3 is 0 Å². The van der Waals surface area contributed by atoms with E-state index in [9.17, 15) is 4.79 Å². The number of hydrogen-bond acceptors (Lipinski definition) is 1. The molecule has 30 valence electrons. The van der Waals surface area contributed by atoms with Crippen molar-refractivity contribution in [1.29, 1.82) is 0 Å². The molecule has 0 unspecified atom stereocenters. The molecule has 0 radical (unpaired) electrons. The van der Waals surface area contributed by atoms with Gasteiger partial charge in [-0.1, -0.05) is 0 Å². The lowest BCUT2D eigenvalue weighted by Gasteiger charge is -1.76. The first-order valence-electron chi connectivity index (χ1n) is 1.15. The van der Waals surface area contributed by atoms with Gasteiger partial charge in [0.1, 0.15) is 0 Å². The maximum Gasteiger partial charge on any atom is 0.208 e. The van der Waals surface area contributed by atoms with E-state index in [2.05, 4.69) is 5.32 Å². The quantitative estimate of drug-likeness (QED) is 0.289. The molecular weight excluding hydrogens is 89.5 g/mol. The first-order valence-corrected chi connectivity index (χ1v) is 1.68. The van der Waals surface area contributed by atoms with Crippen LogP contribution in [0.3, 0.4) is 0 Å². The Bertz CT molecular complexity index is 30.8. The molecule has 0 saturated carbocycles. The van der Waals surface area contributed by atoms with E-state index in [1.54, 1.807) is 0 Å². The minimum Gasteiger partial charge on any atom is -0.345 e. The van der Waals surface area contributed by atoms with Crippen LogP contribution in [0.15, 0.2) is 0 Å². The number of amides is 1. The van der Waals surface area contributed by atoms with Gasteiger partial charge in [0, 0.05) is 0 Å². The maximum absolute atomic E-state index is 9.21. The summed E-state index contributed by atoms with van der Waals surface area (Å²) in [7, 11) is 0. The van der Waals surface area contributed by atoms with Gasteiger partial charge < -0.3 is 5.32 Å². The predicted molar refractivity (Wildman–Crippen MR) is 19.9 cm³/mol. The van der Waals surface area contributed by atoms with E-state index < -0.39 is 0 Å². The minimum atomic E-state index is 0.198. The number of carbonyl (C=O) groups is 1. The first-order chi connectivity index (χ1) is 2.41. The van der Waals surface area contributed by atoms with E-state index in [-0.39, 0.29) is 6.00 Å². The molecule has 0 saturated heterocycles. The zero-order chi connectivity index (χ0) is 4.12. The van der Waals surface area contributed by atoms with Gasteiger partial charge in [-0.05, 0) is 0 Å². The second-order valence-corrected chi connectivity index (χ2v) is 0.723. The lowest BCUT2D eigenvalue weighted by Crippen LogP contribution is -2.05. The highest BCUT2D eigenvalue weighted by molar-refractivity contribution is 6.18. The molecule has 1 amide bonds. The Balaban J connectivity index is 2.40. The van der Waals surface area contributed by atoms with Crippen LogP contribution in [-0.4, -0.2) is 12.4 Å². The summed E-state index contributed by atoms with van der Waals surface area (Å²) in [6, 6.07) is 0.198. The molecule has 3 heteroatoms. The van der Waals surface area contributed by atoms with Gasteiger partial charge in [-0.2, -0.15) is 0 Å². The van der Waals surface area contributed by atoms with E-state index in [0.717, 1.165) is 0 Å². The Kier molecular flexibility index (Phi) is 3.58. The highest BCUT2D eigenvalue weighted by Crippen LogP contribution is 1.56. The summed E-state index contributed by atoms with van der Waals surface area (Å²) in [4.78, 5) is 9.21. The standard InChI is InChI=1S/C2H4ClNO/c3-1-4-2-5/h2H,1H2,(H,4,5). The Hall–Kier alpha value is -0.240. The zero-order valence-electron chi connectivity index (χ0n) is 2.57. The van der Waals surface area contributed by atoms with E-state index in [4.69, 9.17) is 11.6 Å². The van der Waals surface area contributed by atoms with Gasteiger partial charge in [0.2, 0.25) is 6.41 Å². The van der Waals surface area contributed by atoms with Crippen LogP contribution in [0.5, 0.6) is 0 Å². The number of nitrogens with one attached hydrogen (secondary N) is 1. The van der Waals surface area contributed by atoms with E-state index in [0.29, 0.717) is 6.41 Å². The molecule has 0 aromatic carbocycles. The van der Waals surface area contributed by atoms with Crippen molar-refractivity contribution >= 4 is 18.0 Å². The molecule has 0 aliphatic rings. The average molecular weight is 93.5 g/mol. The molecule has 0 aliphatic heterocycles. The molecule has 0 bridgehead atoms. The molecule has 0 spiro atoms. The SMILES string of the molecule is O=CNCCl. The van der Waals surface area contributed by atoms with Crippen molar-refractivity contribution in [3.63, 3.8) is 0 Å². The van der Waals surface area contributed by atoms with Crippen molar-refractivity contribution in [1.82, 2.24) is 5.32 Å². The third-order valence-corrected chi connectivity index (χ3v) is 0.315. The van der Waals surface area contributed by atoms with Crippen LogP contribution in [0.25, 0.3) is 0 Å². The van der Waals surface area contributed by atoms with Gasteiger partial charge in [-0.3, -0.25) is 4.79 Å². The monoisotopic (exact) mass is 93.0 g/mol. The largest absolute Gasteiger partial charge is 0.345 e. The molecule has 0 atom stereocenters. The first kappa shape index (κ1) is 4.76. The second kappa shape index (κ2) is 3.76. The fourth-order valence-electron chi connectivity index (χ4n) is 0.0315. The second-order valence-electron chi connectivity index (χ2n) is 0.456. The van der Waals surface area contributed by atoms with Crippen molar-refractivity contribution in [2.45, 2.75) is 0 Å². The number of rotatable bonds is 2. The molecule has 1 N–H and O–H groups in total. The summed E-state index contributed by atoms with van der Waals surface area (Å²) in [5.41, 5.74) is 0. The topological polar surface area (TPSA) is 29.1 Å². The van der Waals surface area contributed by atoms with Gasteiger partial charge in [-0.25, -0.2) is 0 Å². The van der Waals surface area contributed by atoms with Crippen LogP contribution in [0, 0.1) is 0 Å². The van der Waals surface area contributed by atoms with Crippen molar-refractivity contribution < 1.29 is 4.79 Å². The highest BCUT2D eigenvalue weighted by Gasteiger charge is 1.61. The summed E-state index contributed by atoms with van der Waals surface area (Å²) in [5, 5.41) is 2.20. The molecule has 0 rings (SSSR count). The van der Waals surface area contributed by atoms with Crippen molar-refractivity contribution in [2.75, 3.05) is 6.00 Å². The normalized spacial score (nSPS) is 6.60. The van der Waals surface area contributed by atoms with Crippen LogP contribution in [0.2, 0.25) is 0 Å². The fourth-order valence-corrected chi connectivity index (χ4v) is 0.0945. The minimum absolute atomic E-state index is 0.198. The summed E-state index contributed by atoms with van der Waals surface area (Å²) >= 11 is 4.96. The fraction of sp³-hybridized carbons (Fsp3) is 0.500. The molecule has 2 nitrogen and oxygen atoms in total. The van der Waals surface area contributed by atoms with Gasteiger partial charge in [0.15, 0.2) is 0 Å². The van der Waals surface area contributed by atoms with Crippen LogP contribution < -0.4 is 5.32 Å². The molecule has 0 fully saturated rings. The van der Waals surface area contributed by atoms with E-state index in [1.807, 2.05) is 0 Å². The Morgan fingerprint density at radius 2 is 2.60 bits per heavy atom. The summed E-state index contributed by atoms with van der Waals surface area (Å²) in [6.07, 6.45) is 0.549. The average Bonchev–Trinajstić information content (AvgIpc) is 1.41. The number of hydrogen-bond donors (Lipinski definition) is 1. The molecule has 0 aliphatic carbocycles. The highest BCUT2D eigenvalue weighted by atomic mass is 35.5. The Labute approximate surface area is 35.1 Å². The Morgan fingerprint density at radius 3 is 2.60 bits per heavy atom. The molecule has 0 aromatic heterocycles.